The third-order valence-corrected chi connectivity index (χ3v) is 3.96. The normalized spacial score (nSPS) is 12.1. The van der Waals surface area contributed by atoms with E-state index in [0.717, 1.165) is 16.5 Å². The lowest BCUT2D eigenvalue weighted by Gasteiger charge is -2.19. The number of hydrogen-bond acceptors (Lipinski definition) is 4. The molecule has 0 aliphatic heterocycles. The molecule has 1 heterocycles. The van der Waals surface area contributed by atoms with Crippen LogP contribution in [0.1, 0.15) is 12.5 Å². The van der Waals surface area contributed by atoms with Crippen LogP contribution in [-0.4, -0.2) is 29.8 Å². The molecule has 0 fully saturated rings. The van der Waals surface area contributed by atoms with E-state index in [1.54, 1.807) is 13.0 Å². The van der Waals surface area contributed by atoms with Gasteiger partial charge < -0.3 is 19.7 Å². The van der Waals surface area contributed by atoms with Crippen LogP contribution in [0.2, 0.25) is 0 Å². The number of fused-ring (bicyclic) bond motifs is 1. The highest BCUT2D eigenvalue weighted by molar-refractivity contribution is 5.83. The van der Waals surface area contributed by atoms with Crippen molar-refractivity contribution in [1.29, 1.82) is 0 Å². The standard InChI is InChI=1S/C20H22N2O3/c1-14(23)13-25-17-8-9-18-16(10-17)11-19(20(24)21-18)22(2)12-15-6-4-3-5-7-15/h3-11,14,23H,12-13H2,1-2H3,(H,21,24)/t14-/m0/s1. The van der Waals surface area contributed by atoms with E-state index < -0.39 is 6.10 Å². The first-order valence-electron chi connectivity index (χ1n) is 8.26. The van der Waals surface area contributed by atoms with Crippen LogP contribution in [0.15, 0.2) is 59.4 Å². The number of aromatic nitrogens is 1. The van der Waals surface area contributed by atoms with Crippen molar-refractivity contribution < 1.29 is 9.84 Å². The third kappa shape index (κ3) is 4.19. The summed E-state index contributed by atoms with van der Waals surface area (Å²) in [6.07, 6.45) is -0.529. The number of nitrogens with zero attached hydrogens (tertiary/aromatic N) is 1. The van der Waals surface area contributed by atoms with Crippen LogP contribution in [0.4, 0.5) is 5.69 Å². The second kappa shape index (κ2) is 7.40. The highest BCUT2D eigenvalue weighted by Crippen LogP contribution is 2.22. The fourth-order valence-electron chi connectivity index (χ4n) is 2.71. The zero-order valence-corrected chi connectivity index (χ0v) is 14.4. The fourth-order valence-corrected chi connectivity index (χ4v) is 2.71. The summed E-state index contributed by atoms with van der Waals surface area (Å²) in [4.78, 5) is 17.2. The number of H-pyrrole nitrogens is 1. The van der Waals surface area contributed by atoms with Crippen LogP contribution in [0, 0.1) is 0 Å². The molecule has 0 radical (unpaired) electrons. The lowest BCUT2D eigenvalue weighted by molar-refractivity contribution is 0.123. The highest BCUT2D eigenvalue weighted by atomic mass is 16.5. The average molecular weight is 338 g/mol. The Morgan fingerprint density at radius 3 is 2.64 bits per heavy atom. The van der Waals surface area contributed by atoms with Crippen LogP contribution in [0.3, 0.4) is 0 Å². The molecular weight excluding hydrogens is 316 g/mol. The van der Waals surface area contributed by atoms with Gasteiger partial charge in [0.1, 0.15) is 18.0 Å². The number of rotatable bonds is 6. The van der Waals surface area contributed by atoms with Crippen LogP contribution >= 0.6 is 0 Å². The molecule has 1 atom stereocenters. The van der Waals surface area contributed by atoms with Gasteiger partial charge in [-0.15, -0.1) is 0 Å². The van der Waals surface area contributed by atoms with Crippen molar-refractivity contribution in [3.63, 3.8) is 0 Å². The quantitative estimate of drug-likeness (QED) is 0.725. The minimum Gasteiger partial charge on any atom is -0.491 e. The molecule has 0 saturated carbocycles. The Bertz CT molecular complexity index is 904. The monoisotopic (exact) mass is 338 g/mol. The SMILES string of the molecule is C[C@H](O)COc1ccc2[nH]c(=O)c(N(C)Cc3ccccc3)cc2c1. The van der Waals surface area contributed by atoms with Gasteiger partial charge in [0.25, 0.3) is 5.56 Å². The van der Waals surface area contributed by atoms with Crippen molar-refractivity contribution in [3.05, 3.63) is 70.5 Å². The number of ether oxygens (including phenoxy) is 1. The van der Waals surface area contributed by atoms with Gasteiger partial charge in [0, 0.05) is 24.5 Å². The van der Waals surface area contributed by atoms with Gasteiger partial charge in [0.05, 0.1) is 6.10 Å². The van der Waals surface area contributed by atoms with Gasteiger partial charge in [0.15, 0.2) is 0 Å². The predicted octanol–water partition coefficient (Wildman–Crippen LogP) is 2.92. The van der Waals surface area contributed by atoms with Crippen LogP contribution in [0.25, 0.3) is 10.9 Å². The molecule has 0 bridgehead atoms. The number of hydrogen-bond donors (Lipinski definition) is 2. The first kappa shape index (κ1) is 17.0. The largest absolute Gasteiger partial charge is 0.491 e. The zero-order chi connectivity index (χ0) is 17.8. The summed E-state index contributed by atoms with van der Waals surface area (Å²) in [6, 6.07) is 17.4. The van der Waals surface area contributed by atoms with E-state index in [0.29, 0.717) is 18.0 Å². The summed E-state index contributed by atoms with van der Waals surface area (Å²) in [5.74, 6) is 0.664. The van der Waals surface area contributed by atoms with E-state index in [-0.39, 0.29) is 12.2 Å². The van der Waals surface area contributed by atoms with E-state index in [2.05, 4.69) is 4.98 Å². The van der Waals surface area contributed by atoms with Crippen LogP contribution < -0.4 is 15.2 Å². The molecule has 2 aromatic carbocycles. The number of aliphatic hydroxyl groups excluding tert-OH is 1. The molecule has 2 N–H and O–H groups in total. The molecule has 130 valence electrons. The van der Waals surface area contributed by atoms with E-state index in [1.165, 1.54) is 0 Å². The Hall–Kier alpha value is -2.79. The van der Waals surface area contributed by atoms with Gasteiger partial charge >= 0.3 is 0 Å². The molecule has 0 amide bonds. The first-order valence-corrected chi connectivity index (χ1v) is 8.26. The van der Waals surface area contributed by atoms with Gasteiger partial charge in [-0.25, -0.2) is 0 Å². The second-order valence-electron chi connectivity index (χ2n) is 6.23. The van der Waals surface area contributed by atoms with E-state index in [4.69, 9.17) is 4.74 Å². The smallest absolute Gasteiger partial charge is 0.271 e. The summed E-state index contributed by atoms with van der Waals surface area (Å²) in [5.41, 5.74) is 2.37. The topological polar surface area (TPSA) is 65.6 Å². The van der Waals surface area contributed by atoms with Crippen molar-refractivity contribution in [2.75, 3.05) is 18.6 Å². The second-order valence-corrected chi connectivity index (χ2v) is 6.23. The predicted molar refractivity (Wildman–Crippen MR) is 100 cm³/mol. The van der Waals surface area contributed by atoms with Gasteiger partial charge in [0.2, 0.25) is 0 Å². The van der Waals surface area contributed by atoms with Crippen molar-refractivity contribution in [3.8, 4) is 5.75 Å². The van der Waals surface area contributed by atoms with Crippen molar-refractivity contribution in [2.45, 2.75) is 19.6 Å². The molecule has 0 aliphatic rings. The Morgan fingerprint density at radius 2 is 1.92 bits per heavy atom. The van der Waals surface area contributed by atoms with Crippen molar-refractivity contribution >= 4 is 16.6 Å². The van der Waals surface area contributed by atoms with Crippen molar-refractivity contribution in [2.24, 2.45) is 0 Å². The summed E-state index contributed by atoms with van der Waals surface area (Å²) >= 11 is 0. The molecule has 1 aromatic heterocycles. The molecule has 0 unspecified atom stereocenters. The number of anilines is 1. The molecule has 5 heteroatoms. The summed E-state index contributed by atoms with van der Waals surface area (Å²) in [7, 11) is 1.90. The molecule has 3 aromatic rings. The summed E-state index contributed by atoms with van der Waals surface area (Å²) < 4.78 is 5.55. The highest BCUT2D eigenvalue weighted by Gasteiger charge is 2.09. The number of pyridine rings is 1. The Balaban J connectivity index is 1.89. The third-order valence-electron chi connectivity index (χ3n) is 3.96. The van der Waals surface area contributed by atoms with Crippen LogP contribution in [-0.2, 0) is 6.54 Å². The van der Waals surface area contributed by atoms with Gasteiger partial charge in [-0.1, -0.05) is 30.3 Å². The molecule has 5 nitrogen and oxygen atoms in total. The molecule has 0 saturated heterocycles. The summed E-state index contributed by atoms with van der Waals surface area (Å²) in [5, 5.41) is 10.2. The van der Waals surface area contributed by atoms with E-state index in [1.807, 2.05) is 60.5 Å². The Kier molecular flexibility index (Phi) is 5.05. The minimum atomic E-state index is -0.529. The molecule has 0 spiro atoms. The van der Waals surface area contributed by atoms with Gasteiger partial charge in [-0.2, -0.15) is 0 Å². The lowest BCUT2D eigenvalue weighted by atomic mass is 10.1. The number of aliphatic hydroxyl groups is 1. The fraction of sp³-hybridized carbons (Fsp3) is 0.250. The lowest BCUT2D eigenvalue weighted by Crippen LogP contribution is -2.24. The van der Waals surface area contributed by atoms with Crippen LogP contribution in [0.5, 0.6) is 5.75 Å². The summed E-state index contributed by atoms with van der Waals surface area (Å²) in [6.45, 7) is 2.55. The zero-order valence-electron chi connectivity index (χ0n) is 14.4. The maximum absolute atomic E-state index is 12.4. The van der Waals surface area contributed by atoms with E-state index >= 15 is 0 Å². The average Bonchev–Trinajstić information content (AvgIpc) is 2.60. The Labute approximate surface area is 146 Å². The van der Waals surface area contributed by atoms with Gasteiger partial charge in [-0.3, -0.25) is 4.79 Å². The molecule has 0 aliphatic carbocycles. The van der Waals surface area contributed by atoms with E-state index in [9.17, 15) is 9.90 Å². The number of benzene rings is 2. The number of aromatic amines is 1. The maximum atomic E-state index is 12.4. The van der Waals surface area contributed by atoms with Gasteiger partial charge in [-0.05, 0) is 36.8 Å². The Morgan fingerprint density at radius 1 is 1.16 bits per heavy atom. The minimum absolute atomic E-state index is 0.122. The van der Waals surface area contributed by atoms with Crippen molar-refractivity contribution in [1.82, 2.24) is 4.98 Å². The molecule has 3 rings (SSSR count). The number of nitrogens with one attached hydrogen (secondary N) is 1. The first-order chi connectivity index (χ1) is 12.0. The molecule has 25 heavy (non-hydrogen) atoms. The maximum Gasteiger partial charge on any atom is 0.271 e. The molecular formula is C20H22N2O3.